The second-order valence-corrected chi connectivity index (χ2v) is 5.11. The maximum atomic E-state index is 11.7. The Labute approximate surface area is 135 Å². The summed E-state index contributed by atoms with van der Waals surface area (Å²) >= 11 is 0. The number of rotatable bonds is 7. The smallest absolute Gasteiger partial charge is 0.311 e. The summed E-state index contributed by atoms with van der Waals surface area (Å²) in [6, 6.07) is 12.0. The van der Waals surface area contributed by atoms with E-state index in [1.54, 1.807) is 36.4 Å². The van der Waals surface area contributed by atoms with E-state index in [0.717, 1.165) is 5.56 Å². The third-order valence-electron chi connectivity index (χ3n) is 3.55. The summed E-state index contributed by atoms with van der Waals surface area (Å²) in [5.74, 6) is -0.606. The quantitative estimate of drug-likeness (QED) is 0.820. The molecular formula is C18H20O5. The summed E-state index contributed by atoms with van der Waals surface area (Å²) in [7, 11) is 1.46. The first-order valence-corrected chi connectivity index (χ1v) is 7.36. The molecule has 1 atom stereocenters. The van der Waals surface area contributed by atoms with Gasteiger partial charge in [-0.15, -0.1) is 0 Å². The van der Waals surface area contributed by atoms with Gasteiger partial charge in [-0.1, -0.05) is 18.2 Å². The van der Waals surface area contributed by atoms with Crippen LogP contribution in [0.4, 0.5) is 0 Å². The molecule has 0 fully saturated rings. The van der Waals surface area contributed by atoms with Crippen molar-refractivity contribution in [2.24, 2.45) is 0 Å². The van der Waals surface area contributed by atoms with E-state index < -0.39 is 11.9 Å². The minimum Gasteiger partial charge on any atom is -0.504 e. The normalized spacial score (nSPS) is 11.7. The molecule has 2 rings (SSSR count). The van der Waals surface area contributed by atoms with E-state index in [-0.39, 0.29) is 5.75 Å². The summed E-state index contributed by atoms with van der Waals surface area (Å²) < 4.78 is 10.5. The molecule has 0 radical (unpaired) electrons. The molecule has 0 amide bonds. The number of phenols is 1. The number of carboxylic acids is 1. The summed E-state index contributed by atoms with van der Waals surface area (Å²) in [5.41, 5.74) is 1.45. The van der Waals surface area contributed by atoms with Crippen LogP contribution in [0.3, 0.4) is 0 Å². The number of aromatic hydroxyl groups is 1. The maximum absolute atomic E-state index is 11.7. The van der Waals surface area contributed by atoms with Crippen molar-refractivity contribution in [3.8, 4) is 17.2 Å². The average Bonchev–Trinajstić information content (AvgIpc) is 2.54. The van der Waals surface area contributed by atoms with Crippen LogP contribution in [0.1, 0.15) is 24.0 Å². The van der Waals surface area contributed by atoms with Crippen LogP contribution in [0.5, 0.6) is 17.2 Å². The van der Waals surface area contributed by atoms with Crippen molar-refractivity contribution in [2.75, 3.05) is 13.7 Å². The van der Waals surface area contributed by atoms with Crippen molar-refractivity contribution in [3.63, 3.8) is 0 Å². The lowest BCUT2D eigenvalue weighted by Gasteiger charge is -2.15. The monoisotopic (exact) mass is 316 g/mol. The number of hydrogen-bond donors (Lipinski definition) is 2. The third-order valence-corrected chi connectivity index (χ3v) is 3.55. The molecule has 0 heterocycles. The first-order valence-electron chi connectivity index (χ1n) is 7.36. The number of methoxy groups -OCH3 is 1. The van der Waals surface area contributed by atoms with E-state index in [0.29, 0.717) is 30.1 Å². The molecule has 0 spiro atoms. The van der Waals surface area contributed by atoms with Gasteiger partial charge in [-0.25, -0.2) is 0 Å². The molecule has 2 N–H and O–H groups in total. The lowest BCUT2D eigenvalue weighted by Crippen LogP contribution is -2.14. The van der Waals surface area contributed by atoms with Crippen molar-refractivity contribution in [2.45, 2.75) is 19.3 Å². The highest BCUT2D eigenvalue weighted by Gasteiger charge is 2.21. The van der Waals surface area contributed by atoms with E-state index in [1.165, 1.54) is 13.2 Å². The van der Waals surface area contributed by atoms with Crippen LogP contribution in [-0.4, -0.2) is 29.9 Å². The highest BCUT2D eigenvalue weighted by atomic mass is 16.5. The molecule has 0 aliphatic rings. The van der Waals surface area contributed by atoms with Gasteiger partial charge in [0.25, 0.3) is 0 Å². The van der Waals surface area contributed by atoms with E-state index in [9.17, 15) is 15.0 Å². The number of carbonyl (C=O) groups is 1. The topological polar surface area (TPSA) is 76.0 Å². The third kappa shape index (κ3) is 4.16. The number of benzene rings is 2. The Bertz CT molecular complexity index is 681. The van der Waals surface area contributed by atoms with E-state index in [1.807, 2.05) is 6.92 Å². The minimum atomic E-state index is -0.911. The molecule has 2 aromatic rings. The maximum Gasteiger partial charge on any atom is 0.311 e. The molecule has 0 aliphatic carbocycles. The molecule has 0 aromatic heterocycles. The van der Waals surface area contributed by atoms with Gasteiger partial charge in [0.15, 0.2) is 11.5 Å². The van der Waals surface area contributed by atoms with Gasteiger partial charge in [0.2, 0.25) is 0 Å². The van der Waals surface area contributed by atoms with Crippen molar-refractivity contribution in [1.29, 1.82) is 0 Å². The van der Waals surface area contributed by atoms with Crippen LogP contribution in [-0.2, 0) is 11.2 Å². The predicted octanol–water partition coefficient (Wildman–Crippen LogP) is 3.21. The Morgan fingerprint density at radius 2 is 2.00 bits per heavy atom. The zero-order valence-corrected chi connectivity index (χ0v) is 13.2. The van der Waals surface area contributed by atoms with Gasteiger partial charge in [0, 0.05) is 0 Å². The lowest BCUT2D eigenvalue weighted by molar-refractivity contribution is -0.138. The molecule has 5 heteroatoms. The van der Waals surface area contributed by atoms with Crippen LogP contribution in [0.2, 0.25) is 0 Å². The second-order valence-electron chi connectivity index (χ2n) is 5.11. The van der Waals surface area contributed by atoms with Crippen LogP contribution in [0.15, 0.2) is 42.5 Å². The number of aliphatic carboxylic acids is 1. The van der Waals surface area contributed by atoms with Gasteiger partial charge in [0.05, 0.1) is 19.6 Å². The minimum absolute atomic E-state index is 0.0291. The zero-order chi connectivity index (χ0) is 16.8. The summed E-state index contributed by atoms with van der Waals surface area (Å²) in [4.78, 5) is 11.7. The largest absolute Gasteiger partial charge is 0.504 e. The molecule has 0 bridgehead atoms. The first kappa shape index (κ1) is 16.7. The molecule has 0 saturated heterocycles. The van der Waals surface area contributed by atoms with Crippen LogP contribution < -0.4 is 9.47 Å². The Morgan fingerprint density at radius 3 is 2.65 bits per heavy atom. The Kier molecular flexibility index (Phi) is 5.46. The van der Waals surface area contributed by atoms with Crippen LogP contribution in [0.25, 0.3) is 0 Å². The first-order chi connectivity index (χ1) is 11.0. The molecule has 122 valence electrons. The molecule has 0 aliphatic heterocycles. The molecular weight excluding hydrogens is 296 g/mol. The van der Waals surface area contributed by atoms with E-state index in [4.69, 9.17) is 9.47 Å². The second kappa shape index (κ2) is 7.54. The Balaban J connectivity index is 2.29. The van der Waals surface area contributed by atoms with Crippen molar-refractivity contribution < 1.29 is 24.5 Å². The number of hydrogen-bond acceptors (Lipinski definition) is 4. The van der Waals surface area contributed by atoms with E-state index in [2.05, 4.69) is 0 Å². The molecule has 2 aromatic carbocycles. The Hall–Kier alpha value is -2.69. The highest BCUT2D eigenvalue weighted by molar-refractivity contribution is 5.76. The molecule has 5 nitrogen and oxygen atoms in total. The average molecular weight is 316 g/mol. The van der Waals surface area contributed by atoms with Crippen LogP contribution >= 0.6 is 0 Å². The Morgan fingerprint density at radius 1 is 1.22 bits per heavy atom. The molecule has 0 saturated carbocycles. The van der Waals surface area contributed by atoms with Gasteiger partial charge < -0.3 is 19.7 Å². The van der Waals surface area contributed by atoms with Gasteiger partial charge in [-0.05, 0) is 48.7 Å². The van der Waals surface area contributed by atoms with Crippen LogP contribution in [0, 0.1) is 0 Å². The lowest BCUT2D eigenvalue weighted by atomic mass is 9.92. The summed E-state index contributed by atoms with van der Waals surface area (Å²) in [6.45, 7) is 2.40. The standard InChI is InChI=1S/C18H20O5/c1-3-23-14-6-4-5-13(11-14)15(18(20)21)9-12-7-8-16(19)17(10-12)22-2/h4-8,10-11,15,19H,3,9H2,1-2H3,(H,20,21). The fourth-order valence-electron chi connectivity index (χ4n) is 2.42. The summed E-state index contributed by atoms with van der Waals surface area (Å²) in [6.07, 6.45) is 0.293. The van der Waals surface area contributed by atoms with E-state index >= 15 is 0 Å². The van der Waals surface area contributed by atoms with Crippen molar-refractivity contribution in [3.05, 3.63) is 53.6 Å². The zero-order valence-electron chi connectivity index (χ0n) is 13.2. The van der Waals surface area contributed by atoms with Gasteiger partial charge in [0.1, 0.15) is 5.75 Å². The van der Waals surface area contributed by atoms with Gasteiger partial charge in [-0.2, -0.15) is 0 Å². The molecule has 23 heavy (non-hydrogen) atoms. The molecule has 1 unspecified atom stereocenters. The van der Waals surface area contributed by atoms with Crippen molar-refractivity contribution in [1.82, 2.24) is 0 Å². The SMILES string of the molecule is CCOc1cccc(C(Cc2ccc(O)c(OC)c2)C(=O)O)c1. The van der Waals surface area contributed by atoms with Crippen molar-refractivity contribution >= 4 is 5.97 Å². The fraction of sp³-hybridized carbons (Fsp3) is 0.278. The number of phenolic OH excluding ortho intramolecular Hbond substituents is 1. The summed E-state index contributed by atoms with van der Waals surface area (Å²) in [5, 5.41) is 19.2. The fourth-order valence-corrected chi connectivity index (χ4v) is 2.42. The van der Waals surface area contributed by atoms with Gasteiger partial charge in [-0.3, -0.25) is 4.79 Å². The number of ether oxygens (including phenoxy) is 2. The van der Waals surface area contributed by atoms with Gasteiger partial charge >= 0.3 is 5.97 Å². The number of carboxylic acid groups (broad SMARTS) is 1. The predicted molar refractivity (Wildman–Crippen MR) is 86.4 cm³/mol. The highest BCUT2D eigenvalue weighted by Crippen LogP contribution is 2.30.